The number of carbonyl (C=O) groups excluding carboxylic acids is 1. The molecule has 0 aromatic carbocycles. The SMILES string of the molecule is CC(CCC(=O)NCC1(CC(=O)O)CCCCC1)C1CCC2C3CCC4CC(O)CCC4(C)C3CCC12C. The lowest BCUT2D eigenvalue weighted by atomic mass is 9.44. The number of hydrogen-bond donors (Lipinski definition) is 3. The van der Waals surface area contributed by atoms with Crippen molar-refractivity contribution in [3.8, 4) is 0 Å². The zero-order valence-corrected chi connectivity index (χ0v) is 24.5. The molecule has 5 heteroatoms. The van der Waals surface area contributed by atoms with Crippen molar-refractivity contribution in [2.75, 3.05) is 6.54 Å². The lowest BCUT2D eigenvalue weighted by molar-refractivity contribution is -0.140. The first kappa shape index (κ1) is 28.4. The number of amides is 1. The molecule has 0 radical (unpaired) electrons. The first-order valence-electron chi connectivity index (χ1n) is 16.2. The van der Waals surface area contributed by atoms with Crippen LogP contribution in [0, 0.1) is 51.8 Å². The highest BCUT2D eigenvalue weighted by molar-refractivity contribution is 5.76. The van der Waals surface area contributed by atoms with Gasteiger partial charge < -0.3 is 15.5 Å². The van der Waals surface area contributed by atoms with Crippen LogP contribution in [0.3, 0.4) is 0 Å². The fraction of sp³-hybridized carbons (Fsp3) is 0.939. The Hall–Kier alpha value is -1.10. The molecule has 0 aromatic rings. The van der Waals surface area contributed by atoms with E-state index in [9.17, 15) is 19.8 Å². The molecule has 3 N–H and O–H groups in total. The van der Waals surface area contributed by atoms with Gasteiger partial charge in [-0.2, -0.15) is 0 Å². The number of aliphatic hydroxyl groups is 1. The van der Waals surface area contributed by atoms with E-state index in [0.29, 0.717) is 35.6 Å². The Kier molecular flexibility index (Phi) is 8.27. The molecule has 38 heavy (non-hydrogen) atoms. The van der Waals surface area contributed by atoms with Crippen molar-refractivity contribution in [1.29, 1.82) is 0 Å². The summed E-state index contributed by atoms with van der Waals surface area (Å²) < 4.78 is 0. The summed E-state index contributed by atoms with van der Waals surface area (Å²) in [4.78, 5) is 24.4. The molecule has 0 heterocycles. The fourth-order valence-corrected chi connectivity index (χ4v) is 11.2. The van der Waals surface area contributed by atoms with Gasteiger partial charge in [0.25, 0.3) is 0 Å². The third-order valence-corrected chi connectivity index (χ3v) is 13.3. The number of carboxylic acids is 1. The Morgan fingerprint density at radius 2 is 1.61 bits per heavy atom. The van der Waals surface area contributed by atoms with Gasteiger partial charge in [-0.25, -0.2) is 0 Å². The minimum Gasteiger partial charge on any atom is -0.481 e. The normalized spacial score (nSPS) is 42.8. The first-order valence-corrected chi connectivity index (χ1v) is 16.2. The van der Waals surface area contributed by atoms with Gasteiger partial charge in [0.2, 0.25) is 5.91 Å². The molecule has 5 aliphatic rings. The summed E-state index contributed by atoms with van der Waals surface area (Å²) in [6.07, 6.45) is 18.1. The Morgan fingerprint density at radius 3 is 2.34 bits per heavy atom. The fourth-order valence-electron chi connectivity index (χ4n) is 11.2. The molecule has 5 aliphatic carbocycles. The highest BCUT2D eigenvalue weighted by atomic mass is 16.4. The van der Waals surface area contributed by atoms with Gasteiger partial charge in [-0.15, -0.1) is 0 Å². The average Bonchev–Trinajstić information content (AvgIpc) is 3.24. The van der Waals surface area contributed by atoms with Crippen LogP contribution in [0.4, 0.5) is 0 Å². The Bertz CT molecular complexity index is 867. The molecule has 216 valence electrons. The van der Waals surface area contributed by atoms with Crippen LogP contribution in [-0.2, 0) is 9.59 Å². The van der Waals surface area contributed by atoms with Crippen molar-refractivity contribution >= 4 is 11.9 Å². The van der Waals surface area contributed by atoms with Crippen molar-refractivity contribution in [3.05, 3.63) is 0 Å². The van der Waals surface area contributed by atoms with Crippen molar-refractivity contribution in [2.24, 2.45) is 51.8 Å². The maximum atomic E-state index is 12.9. The van der Waals surface area contributed by atoms with E-state index in [1.165, 1.54) is 51.4 Å². The van der Waals surface area contributed by atoms with E-state index in [1.807, 2.05) is 0 Å². The van der Waals surface area contributed by atoms with Crippen LogP contribution >= 0.6 is 0 Å². The predicted octanol–water partition coefficient (Wildman–Crippen LogP) is 6.96. The molecule has 5 fully saturated rings. The standard InChI is InChI=1S/C33H55NO4/c1-22(7-12-29(36)34-21-33(20-30(37)38)15-5-4-6-16-33)26-10-11-27-25-9-8-23-19-24(35)13-17-31(23,2)28(25)14-18-32(26,27)3/h22-28,35H,4-21H2,1-3H3,(H,34,36)(H,37,38). The van der Waals surface area contributed by atoms with Gasteiger partial charge in [0, 0.05) is 13.0 Å². The van der Waals surface area contributed by atoms with Gasteiger partial charge in [0.1, 0.15) is 0 Å². The summed E-state index contributed by atoms with van der Waals surface area (Å²) >= 11 is 0. The maximum absolute atomic E-state index is 12.9. The smallest absolute Gasteiger partial charge is 0.303 e. The number of hydrogen-bond acceptors (Lipinski definition) is 3. The molecule has 5 nitrogen and oxygen atoms in total. The van der Waals surface area contributed by atoms with Crippen LogP contribution in [0.15, 0.2) is 0 Å². The Balaban J connectivity index is 1.15. The minimum absolute atomic E-state index is 0.0715. The lowest BCUT2D eigenvalue weighted by Gasteiger charge is -2.61. The van der Waals surface area contributed by atoms with Crippen LogP contribution in [0.2, 0.25) is 0 Å². The van der Waals surface area contributed by atoms with E-state index in [2.05, 4.69) is 26.1 Å². The monoisotopic (exact) mass is 529 g/mol. The summed E-state index contributed by atoms with van der Waals surface area (Å²) in [6.45, 7) is 8.09. The molecule has 5 rings (SSSR count). The number of nitrogens with one attached hydrogen (secondary N) is 1. The van der Waals surface area contributed by atoms with E-state index >= 15 is 0 Å². The number of carboxylic acid groups (broad SMARTS) is 1. The third kappa shape index (κ3) is 5.31. The quantitative estimate of drug-likeness (QED) is 0.317. The van der Waals surface area contributed by atoms with Crippen LogP contribution in [-0.4, -0.2) is 34.7 Å². The highest BCUT2D eigenvalue weighted by Gasteiger charge is 2.60. The third-order valence-electron chi connectivity index (χ3n) is 13.3. The Labute approximate surface area is 231 Å². The minimum atomic E-state index is -0.739. The summed E-state index contributed by atoms with van der Waals surface area (Å²) in [5.74, 6) is 3.86. The van der Waals surface area contributed by atoms with Gasteiger partial charge in [-0.1, -0.05) is 40.0 Å². The van der Waals surface area contributed by atoms with Gasteiger partial charge in [-0.3, -0.25) is 9.59 Å². The lowest BCUT2D eigenvalue weighted by Crippen LogP contribution is -2.54. The van der Waals surface area contributed by atoms with Crippen molar-refractivity contribution in [2.45, 2.75) is 136 Å². The molecule has 0 bridgehead atoms. The predicted molar refractivity (Wildman–Crippen MR) is 150 cm³/mol. The second-order valence-corrected chi connectivity index (χ2v) is 15.2. The summed E-state index contributed by atoms with van der Waals surface area (Å²) in [7, 11) is 0. The molecule has 0 aromatic heterocycles. The summed E-state index contributed by atoms with van der Waals surface area (Å²) in [6, 6.07) is 0. The van der Waals surface area contributed by atoms with Crippen molar-refractivity contribution in [1.82, 2.24) is 5.32 Å². The molecule has 5 saturated carbocycles. The van der Waals surface area contributed by atoms with Crippen LogP contribution in [0.5, 0.6) is 0 Å². The maximum Gasteiger partial charge on any atom is 0.303 e. The zero-order valence-electron chi connectivity index (χ0n) is 24.5. The molecular weight excluding hydrogens is 474 g/mol. The van der Waals surface area contributed by atoms with E-state index in [4.69, 9.17) is 0 Å². The number of rotatable bonds is 8. The average molecular weight is 530 g/mol. The van der Waals surface area contributed by atoms with Gasteiger partial charge >= 0.3 is 5.97 Å². The van der Waals surface area contributed by atoms with Gasteiger partial charge in [0.15, 0.2) is 0 Å². The zero-order chi connectivity index (χ0) is 27.1. The van der Waals surface area contributed by atoms with Crippen LogP contribution in [0.25, 0.3) is 0 Å². The largest absolute Gasteiger partial charge is 0.481 e. The molecule has 1 amide bonds. The van der Waals surface area contributed by atoms with E-state index in [1.54, 1.807) is 0 Å². The molecule has 9 atom stereocenters. The molecule has 0 aliphatic heterocycles. The second-order valence-electron chi connectivity index (χ2n) is 15.2. The van der Waals surface area contributed by atoms with Gasteiger partial charge in [-0.05, 0) is 129 Å². The summed E-state index contributed by atoms with van der Waals surface area (Å²) in [5, 5.41) is 22.9. The van der Waals surface area contributed by atoms with E-state index in [0.717, 1.165) is 68.6 Å². The molecular formula is C33H55NO4. The van der Waals surface area contributed by atoms with Crippen LogP contribution < -0.4 is 5.32 Å². The number of carbonyl (C=O) groups is 2. The first-order chi connectivity index (χ1) is 18.1. The summed E-state index contributed by atoms with van der Waals surface area (Å²) in [5.41, 5.74) is 0.589. The molecule has 9 unspecified atom stereocenters. The molecule has 0 spiro atoms. The van der Waals surface area contributed by atoms with Gasteiger partial charge in [0.05, 0.1) is 12.5 Å². The number of aliphatic hydroxyl groups excluding tert-OH is 1. The number of aliphatic carboxylic acids is 1. The van der Waals surface area contributed by atoms with Crippen molar-refractivity contribution in [3.63, 3.8) is 0 Å². The topological polar surface area (TPSA) is 86.6 Å². The Morgan fingerprint density at radius 1 is 0.895 bits per heavy atom. The van der Waals surface area contributed by atoms with Crippen molar-refractivity contribution < 1.29 is 19.8 Å². The highest BCUT2D eigenvalue weighted by Crippen LogP contribution is 2.68. The van der Waals surface area contributed by atoms with E-state index in [-0.39, 0.29) is 23.8 Å². The number of fused-ring (bicyclic) bond motifs is 5. The molecule has 0 saturated heterocycles. The second kappa shape index (κ2) is 11.1. The van der Waals surface area contributed by atoms with E-state index < -0.39 is 5.97 Å². The van der Waals surface area contributed by atoms with Crippen LogP contribution in [0.1, 0.15) is 130 Å².